The Morgan fingerprint density at radius 3 is 2.12 bits per heavy atom. The molecular formula is C33H27ClN2O5. The number of para-hydroxylation sites is 1. The summed E-state index contributed by atoms with van der Waals surface area (Å²) in [5.41, 5.74) is 1.57. The molecule has 0 bridgehead atoms. The highest BCUT2D eigenvalue weighted by atomic mass is 35.5. The third kappa shape index (κ3) is 3.58. The number of phenols is 1. The maximum atomic E-state index is 14.3. The molecule has 0 aromatic heterocycles. The Labute approximate surface area is 242 Å². The summed E-state index contributed by atoms with van der Waals surface area (Å²) in [5, 5.41) is 10.5. The van der Waals surface area contributed by atoms with Crippen LogP contribution in [0.25, 0.3) is 0 Å². The van der Waals surface area contributed by atoms with E-state index >= 15 is 0 Å². The number of hydrogen-bond acceptors (Lipinski definition) is 5. The molecule has 7 rings (SSSR count). The van der Waals surface area contributed by atoms with Gasteiger partial charge in [-0.2, -0.15) is 0 Å². The lowest BCUT2D eigenvalue weighted by Gasteiger charge is -2.49. The van der Waals surface area contributed by atoms with Crippen molar-refractivity contribution >= 4 is 46.6 Å². The predicted octanol–water partition coefficient (Wildman–Crippen LogP) is 5.48. The second-order valence-electron chi connectivity index (χ2n) is 11.6. The fourth-order valence-electron chi connectivity index (χ4n) is 7.73. The number of allylic oxidation sites excluding steroid dienone is 2. The molecule has 0 radical (unpaired) electrons. The normalized spacial score (nSPS) is 30.7. The van der Waals surface area contributed by atoms with Crippen molar-refractivity contribution in [2.75, 3.05) is 9.80 Å². The van der Waals surface area contributed by atoms with E-state index in [4.69, 9.17) is 11.6 Å². The Kier molecular flexibility index (Phi) is 5.74. The largest absolute Gasteiger partial charge is 0.508 e. The predicted molar refractivity (Wildman–Crippen MR) is 153 cm³/mol. The molecule has 8 heteroatoms. The number of phenolic OH excluding ortho intramolecular Hbond substituents is 1. The number of carbonyl (C=O) groups excluding carboxylic acids is 4. The minimum atomic E-state index is -1.11. The zero-order chi connectivity index (χ0) is 28.6. The first-order valence-electron chi connectivity index (χ1n) is 13.8. The van der Waals surface area contributed by atoms with Gasteiger partial charge in [-0.1, -0.05) is 53.6 Å². The van der Waals surface area contributed by atoms with E-state index in [0.717, 1.165) is 11.1 Å². The van der Waals surface area contributed by atoms with Crippen LogP contribution in [-0.2, 0) is 19.2 Å². The van der Waals surface area contributed by atoms with Gasteiger partial charge < -0.3 is 5.11 Å². The molecule has 3 aromatic rings. The second kappa shape index (κ2) is 9.14. The van der Waals surface area contributed by atoms with Crippen LogP contribution >= 0.6 is 11.6 Å². The number of nitrogens with zero attached hydrogens (tertiary/aromatic N) is 2. The Morgan fingerprint density at radius 1 is 0.780 bits per heavy atom. The van der Waals surface area contributed by atoms with Gasteiger partial charge in [0.15, 0.2) is 0 Å². The zero-order valence-electron chi connectivity index (χ0n) is 22.2. The molecule has 4 aliphatic rings. The number of rotatable bonds is 3. The van der Waals surface area contributed by atoms with Gasteiger partial charge in [0.1, 0.15) is 5.75 Å². The summed E-state index contributed by atoms with van der Waals surface area (Å²) in [6, 6.07) is 22.2. The molecule has 206 valence electrons. The summed E-state index contributed by atoms with van der Waals surface area (Å²) < 4.78 is 0. The molecule has 4 amide bonds. The van der Waals surface area contributed by atoms with Crippen LogP contribution in [0.1, 0.15) is 31.2 Å². The van der Waals surface area contributed by atoms with Crippen molar-refractivity contribution in [3.63, 3.8) is 0 Å². The molecule has 3 aromatic carbocycles. The maximum Gasteiger partial charge on any atom is 0.241 e. The van der Waals surface area contributed by atoms with Crippen LogP contribution in [0.3, 0.4) is 0 Å². The molecule has 6 atom stereocenters. The summed E-state index contributed by atoms with van der Waals surface area (Å²) in [7, 11) is 0. The van der Waals surface area contributed by atoms with Crippen LogP contribution in [0, 0.1) is 29.1 Å². The van der Waals surface area contributed by atoms with Gasteiger partial charge >= 0.3 is 0 Å². The van der Waals surface area contributed by atoms with Gasteiger partial charge in [-0.3, -0.25) is 24.1 Å². The van der Waals surface area contributed by atoms with Gasteiger partial charge in [0, 0.05) is 10.9 Å². The molecule has 0 spiro atoms. The smallest absolute Gasteiger partial charge is 0.241 e. The molecular weight excluding hydrogens is 540 g/mol. The van der Waals surface area contributed by atoms with Gasteiger partial charge in [-0.25, -0.2) is 4.90 Å². The second-order valence-corrected chi connectivity index (χ2v) is 12.0. The van der Waals surface area contributed by atoms with Crippen LogP contribution in [0.4, 0.5) is 11.4 Å². The van der Waals surface area contributed by atoms with Gasteiger partial charge in [-0.05, 0) is 79.8 Å². The third-order valence-electron chi connectivity index (χ3n) is 9.60. The Morgan fingerprint density at radius 2 is 1.44 bits per heavy atom. The van der Waals surface area contributed by atoms with E-state index in [1.165, 1.54) is 9.80 Å². The first-order valence-corrected chi connectivity index (χ1v) is 14.1. The minimum absolute atomic E-state index is 0.0930. The molecule has 2 aliphatic carbocycles. The van der Waals surface area contributed by atoms with Crippen LogP contribution in [0.2, 0.25) is 5.02 Å². The first-order chi connectivity index (χ1) is 19.7. The average molecular weight is 567 g/mol. The van der Waals surface area contributed by atoms with E-state index in [0.29, 0.717) is 29.2 Å². The number of anilines is 2. The van der Waals surface area contributed by atoms with Gasteiger partial charge in [0.05, 0.1) is 34.5 Å². The van der Waals surface area contributed by atoms with E-state index in [1.54, 1.807) is 72.8 Å². The Hall–Kier alpha value is -4.23. The fourth-order valence-corrected chi connectivity index (χ4v) is 7.86. The standard InChI is InChI=1S/C33H27ClN2O5/c1-33-26(30(39)36(32(33)41)20-5-3-2-4-6-20)17-25-23(28(33)18-7-13-22(37)14-8-18)15-16-24-27(25)31(40)35(29(24)38)21-11-9-19(34)10-12-21/h2-15,24-28,37H,16-17H2,1H3/t24-,25+,26-,27-,28-,33+/m0/s1. The zero-order valence-corrected chi connectivity index (χ0v) is 23.0. The van der Waals surface area contributed by atoms with Crippen LogP contribution in [-0.4, -0.2) is 28.7 Å². The lowest BCUT2D eigenvalue weighted by molar-refractivity contribution is -0.131. The molecule has 2 saturated heterocycles. The van der Waals surface area contributed by atoms with E-state index < -0.39 is 35.0 Å². The van der Waals surface area contributed by atoms with E-state index in [-0.39, 0.29) is 29.4 Å². The van der Waals surface area contributed by atoms with E-state index in [9.17, 15) is 24.3 Å². The van der Waals surface area contributed by atoms with Gasteiger partial charge in [0.25, 0.3) is 0 Å². The summed E-state index contributed by atoms with van der Waals surface area (Å²) in [4.78, 5) is 58.6. The van der Waals surface area contributed by atoms with Gasteiger partial charge in [-0.15, -0.1) is 0 Å². The lowest BCUT2D eigenvalue weighted by atomic mass is 9.51. The highest BCUT2D eigenvalue weighted by molar-refractivity contribution is 6.31. The quantitative estimate of drug-likeness (QED) is 0.334. The molecule has 1 N–H and O–H groups in total. The van der Waals surface area contributed by atoms with Crippen molar-refractivity contribution < 1.29 is 24.3 Å². The number of carbonyl (C=O) groups is 4. The van der Waals surface area contributed by atoms with Crippen molar-refractivity contribution in [3.8, 4) is 5.75 Å². The molecule has 7 nitrogen and oxygen atoms in total. The number of halogens is 1. The highest BCUT2D eigenvalue weighted by Gasteiger charge is 2.67. The number of imide groups is 2. The number of amides is 4. The molecule has 41 heavy (non-hydrogen) atoms. The molecule has 0 unspecified atom stereocenters. The molecule has 1 saturated carbocycles. The number of fused-ring (bicyclic) bond motifs is 4. The van der Waals surface area contributed by atoms with Gasteiger partial charge in [0.2, 0.25) is 23.6 Å². The van der Waals surface area contributed by atoms with E-state index in [2.05, 4.69) is 0 Å². The van der Waals surface area contributed by atoms with Crippen LogP contribution in [0.5, 0.6) is 5.75 Å². The average Bonchev–Trinajstić information content (AvgIpc) is 3.34. The topological polar surface area (TPSA) is 95.0 Å². The summed E-state index contributed by atoms with van der Waals surface area (Å²) in [6.45, 7) is 1.85. The Balaban J connectivity index is 1.36. The van der Waals surface area contributed by atoms with E-state index in [1.807, 2.05) is 19.1 Å². The van der Waals surface area contributed by atoms with Crippen molar-refractivity contribution in [2.45, 2.75) is 25.7 Å². The van der Waals surface area contributed by atoms with Crippen LogP contribution < -0.4 is 9.80 Å². The SMILES string of the molecule is C[C@@]12C(=O)N(c3ccccc3)C(=O)[C@@H]1C[C@@H]1C(=CC[C@@H]3C(=O)N(c4ccc(Cl)cc4)C(=O)[C@@H]31)[C@@H]2c1ccc(O)cc1. The minimum Gasteiger partial charge on any atom is -0.508 e. The molecule has 2 heterocycles. The Bertz CT molecular complexity index is 1630. The number of hydrogen-bond donors (Lipinski definition) is 1. The van der Waals surface area contributed by atoms with Crippen LogP contribution in [0.15, 0.2) is 90.5 Å². The monoisotopic (exact) mass is 566 g/mol. The van der Waals surface area contributed by atoms with Crippen molar-refractivity contribution in [2.24, 2.45) is 29.1 Å². The lowest BCUT2D eigenvalue weighted by Crippen LogP contribution is -2.48. The summed E-state index contributed by atoms with van der Waals surface area (Å²) in [5.74, 6) is -3.82. The summed E-state index contributed by atoms with van der Waals surface area (Å²) in [6.07, 6.45) is 2.68. The molecule has 3 fully saturated rings. The highest BCUT2D eigenvalue weighted by Crippen LogP contribution is 2.63. The van der Waals surface area contributed by atoms with Crippen molar-refractivity contribution in [1.29, 1.82) is 0 Å². The number of benzene rings is 3. The number of aromatic hydroxyl groups is 1. The summed E-state index contributed by atoms with van der Waals surface area (Å²) >= 11 is 6.06. The maximum absolute atomic E-state index is 14.3. The van der Waals surface area contributed by atoms with Crippen molar-refractivity contribution in [3.05, 3.63) is 101 Å². The fraction of sp³-hybridized carbons (Fsp3) is 0.273. The molecule has 2 aliphatic heterocycles. The first kappa shape index (κ1) is 25.7. The van der Waals surface area contributed by atoms with Crippen molar-refractivity contribution in [1.82, 2.24) is 0 Å². The third-order valence-corrected chi connectivity index (χ3v) is 9.85.